The fraction of sp³-hybridized carbons (Fsp3) is 0.571. The smallest absolute Gasteiger partial charge is 0.00382 e. The van der Waals surface area contributed by atoms with E-state index in [9.17, 15) is 0 Å². The predicted molar refractivity (Wildman–Crippen MR) is 62.9 cm³/mol. The number of hydrogen-bond donors (Lipinski definition) is 0. The van der Waals surface area contributed by atoms with E-state index < -0.39 is 0 Å². The highest BCUT2D eigenvalue weighted by molar-refractivity contribution is 5.33. The fourth-order valence-corrected chi connectivity index (χ4v) is 2.47. The molecule has 0 aromatic carbocycles. The Hall–Kier alpha value is -0.960. The molecule has 0 heterocycles. The van der Waals surface area contributed by atoms with Gasteiger partial charge in [0.05, 0.1) is 0 Å². The van der Waals surface area contributed by atoms with Gasteiger partial charge in [-0.25, -0.2) is 0 Å². The van der Waals surface area contributed by atoms with E-state index in [1.54, 1.807) is 0 Å². The van der Waals surface area contributed by atoms with Crippen LogP contribution >= 0.6 is 0 Å². The summed E-state index contributed by atoms with van der Waals surface area (Å²) >= 11 is 0. The van der Waals surface area contributed by atoms with Crippen molar-refractivity contribution in [2.24, 2.45) is 11.8 Å². The molecule has 1 rings (SSSR count). The Balaban J connectivity index is 2.84. The van der Waals surface area contributed by atoms with Crippen molar-refractivity contribution in [2.75, 3.05) is 0 Å². The summed E-state index contributed by atoms with van der Waals surface area (Å²) in [6.45, 7) is 10.6. The molecule has 1 aliphatic carbocycles. The molecule has 0 aromatic heterocycles. The lowest BCUT2D eigenvalue weighted by atomic mass is 9.83. The van der Waals surface area contributed by atoms with Gasteiger partial charge in [0, 0.05) is 5.57 Å². The summed E-state index contributed by atoms with van der Waals surface area (Å²) < 4.78 is 0. The second kappa shape index (κ2) is 4.51. The maximum Gasteiger partial charge on any atom is 0.00382 e. The summed E-state index contributed by atoms with van der Waals surface area (Å²) in [6.07, 6.45) is 9.29. The molecule has 0 saturated heterocycles. The van der Waals surface area contributed by atoms with Crippen LogP contribution < -0.4 is 0 Å². The van der Waals surface area contributed by atoms with Gasteiger partial charge in [-0.1, -0.05) is 30.6 Å². The third-order valence-electron chi connectivity index (χ3n) is 3.29. The minimum atomic E-state index is 0.486. The van der Waals surface area contributed by atoms with Gasteiger partial charge < -0.3 is 0 Å². The lowest BCUT2D eigenvalue weighted by Gasteiger charge is -2.21. The van der Waals surface area contributed by atoms with E-state index in [-0.39, 0.29) is 0 Å². The maximum absolute atomic E-state index is 5.55. The van der Waals surface area contributed by atoms with Crippen molar-refractivity contribution in [2.45, 2.75) is 40.0 Å². The van der Waals surface area contributed by atoms with Gasteiger partial charge in [-0.15, -0.1) is 6.42 Å². The first-order valence-corrected chi connectivity index (χ1v) is 5.39. The van der Waals surface area contributed by atoms with E-state index in [1.807, 2.05) is 0 Å². The minimum Gasteiger partial charge on any atom is -0.115 e. The van der Waals surface area contributed by atoms with Crippen LogP contribution in [0.15, 0.2) is 23.3 Å². The van der Waals surface area contributed by atoms with Crippen LogP contribution in [0.3, 0.4) is 0 Å². The number of terminal acetylenes is 1. The number of rotatable bonds is 2. The van der Waals surface area contributed by atoms with Gasteiger partial charge in [-0.2, -0.15) is 0 Å². The zero-order valence-electron chi connectivity index (χ0n) is 9.56. The Bertz CT molecular complexity index is 294. The maximum atomic E-state index is 5.55. The van der Waals surface area contributed by atoms with Crippen molar-refractivity contribution in [3.63, 3.8) is 0 Å². The van der Waals surface area contributed by atoms with Crippen molar-refractivity contribution < 1.29 is 0 Å². The molecular formula is C14H20. The molecule has 0 heteroatoms. The van der Waals surface area contributed by atoms with E-state index in [0.29, 0.717) is 11.8 Å². The summed E-state index contributed by atoms with van der Waals surface area (Å²) in [5, 5.41) is 0. The Kier molecular flexibility index (Phi) is 3.58. The summed E-state index contributed by atoms with van der Waals surface area (Å²) in [7, 11) is 0. The van der Waals surface area contributed by atoms with Gasteiger partial charge >= 0.3 is 0 Å². The van der Waals surface area contributed by atoms with Crippen LogP contribution in [0.4, 0.5) is 0 Å². The van der Waals surface area contributed by atoms with Crippen LogP contribution in [-0.2, 0) is 0 Å². The topological polar surface area (TPSA) is 0 Å². The first-order valence-electron chi connectivity index (χ1n) is 5.39. The molecular weight excluding hydrogens is 168 g/mol. The number of allylic oxidation sites excluding steroid dienone is 3. The zero-order chi connectivity index (χ0) is 10.7. The van der Waals surface area contributed by atoms with E-state index in [0.717, 1.165) is 0 Å². The van der Waals surface area contributed by atoms with E-state index >= 15 is 0 Å². The minimum absolute atomic E-state index is 0.486. The zero-order valence-corrected chi connectivity index (χ0v) is 9.56. The lowest BCUT2D eigenvalue weighted by molar-refractivity contribution is 0.482. The SMILES string of the molecule is C#CC(=C(C)C)C(C)C1CCCC1=C. The first-order chi connectivity index (χ1) is 6.57. The molecule has 76 valence electrons. The quantitative estimate of drug-likeness (QED) is 0.454. The van der Waals surface area contributed by atoms with Crippen molar-refractivity contribution in [1.82, 2.24) is 0 Å². The van der Waals surface area contributed by atoms with Gasteiger partial charge in [-0.3, -0.25) is 0 Å². The first kappa shape index (κ1) is 11.1. The molecule has 0 N–H and O–H groups in total. The Morgan fingerprint density at radius 2 is 2.21 bits per heavy atom. The predicted octanol–water partition coefficient (Wildman–Crippen LogP) is 3.95. The lowest BCUT2D eigenvalue weighted by Crippen LogP contribution is -2.12. The van der Waals surface area contributed by atoms with Gasteiger partial charge in [0.15, 0.2) is 0 Å². The Labute approximate surface area is 88.1 Å². The molecule has 0 radical (unpaired) electrons. The molecule has 0 spiro atoms. The van der Waals surface area contributed by atoms with Gasteiger partial charge in [-0.05, 0) is 44.9 Å². The standard InChI is InChI=1S/C14H20/c1-6-13(10(2)3)12(5)14-9-7-8-11(14)4/h1,12,14H,4,7-9H2,2-3,5H3. The van der Waals surface area contributed by atoms with Crippen LogP contribution in [-0.4, -0.2) is 0 Å². The van der Waals surface area contributed by atoms with Gasteiger partial charge in [0.25, 0.3) is 0 Å². The van der Waals surface area contributed by atoms with Crippen molar-refractivity contribution >= 4 is 0 Å². The molecule has 1 fully saturated rings. The summed E-state index contributed by atoms with van der Waals surface area (Å²) in [4.78, 5) is 0. The van der Waals surface area contributed by atoms with Crippen molar-refractivity contribution in [3.05, 3.63) is 23.3 Å². The molecule has 1 aliphatic rings. The average molecular weight is 188 g/mol. The third-order valence-corrected chi connectivity index (χ3v) is 3.29. The number of hydrogen-bond acceptors (Lipinski definition) is 0. The summed E-state index contributed by atoms with van der Waals surface area (Å²) in [6, 6.07) is 0. The Morgan fingerprint density at radius 1 is 1.57 bits per heavy atom. The van der Waals surface area contributed by atoms with Crippen LogP contribution in [0.5, 0.6) is 0 Å². The highest BCUT2D eigenvalue weighted by Crippen LogP contribution is 2.38. The summed E-state index contributed by atoms with van der Waals surface area (Å²) in [5.74, 6) is 3.94. The molecule has 0 aliphatic heterocycles. The molecule has 0 aromatic rings. The molecule has 14 heavy (non-hydrogen) atoms. The Morgan fingerprint density at radius 3 is 2.57 bits per heavy atom. The molecule has 0 bridgehead atoms. The van der Waals surface area contributed by atoms with Crippen molar-refractivity contribution in [3.8, 4) is 12.3 Å². The molecule has 0 amide bonds. The van der Waals surface area contributed by atoms with Crippen molar-refractivity contribution in [1.29, 1.82) is 0 Å². The largest absolute Gasteiger partial charge is 0.115 e. The van der Waals surface area contributed by atoms with E-state index in [2.05, 4.69) is 33.3 Å². The normalized spacial score (nSPS) is 23.0. The second-order valence-electron chi connectivity index (χ2n) is 4.50. The third kappa shape index (κ3) is 2.10. The van der Waals surface area contributed by atoms with Crippen LogP contribution in [0.2, 0.25) is 0 Å². The molecule has 1 saturated carbocycles. The summed E-state index contributed by atoms with van der Waals surface area (Å²) in [5.41, 5.74) is 3.85. The highest BCUT2D eigenvalue weighted by atomic mass is 14.3. The second-order valence-corrected chi connectivity index (χ2v) is 4.50. The van der Waals surface area contributed by atoms with Gasteiger partial charge in [0.1, 0.15) is 0 Å². The monoisotopic (exact) mass is 188 g/mol. The molecule has 0 nitrogen and oxygen atoms in total. The molecule has 2 atom stereocenters. The van der Waals surface area contributed by atoms with Crippen LogP contribution in [0.25, 0.3) is 0 Å². The fourth-order valence-electron chi connectivity index (χ4n) is 2.47. The molecule has 2 unspecified atom stereocenters. The van der Waals surface area contributed by atoms with Crippen LogP contribution in [0, 0.1) is 24.2 Å². The average Bonchev–Trinajstić information content (AvgIpc) is 2.51. The van der Waals surface area contributed by atoms with Gasteiger partial charge in [0.2, 0.25) is 0 Å². The van der Waals surface area contributed by atoms with E-state index in [4.69, 9.17) is 6.42 Å². The van der Waals surface area contributed by atoms with E-state index in [1.165, 1.54) is 36.0 Å². The van der Waals surface area contributed by atoms with Crippen LogP contribution in [0.1, 0.15) is 40.0 Å². The highest BCUT2D eigenvalue weighted by Gasteiger charge is 2.26.